The number of methoxy groups -OCH3 is 1. The molecule has 1 saturated heterocycles. The number of nitrogens with zero attached hydrogens (tertiary/aromatic N) is 2. The predicted molar refractivity (Wildman–Crippen MR) is 120 cm³/mol. The van der Waals surface area contributed by atoms with E-state index in [1.807, 2.05) is 18.2 Å². The van der Waals surface area contributed by atoms with E-state index < -0.39 is 5.60 Å². The van der Waals surface area contributed by atoms with Gasteiger partial charge in [0.25, 0.3) is 0 Å². The summed E-state index contributed by atoms with van der Waals surface area (Å²) in [6, 6.07) is 6.37. The van der Waals surface area contributed by atoms with E-state index in [-0.39, 0.29) is 25.7 Å². The fourth-order valence-corrected chi connectivity index (χ4v) is 4.22. The second kappa shape index (κ2) is 11.7. The van der Waals surface area contributed by atoms with E-state index in [4.69, 9.17) is 9.47 Å². The second-order valence-electron chi connectivity index (χ2n) is 8.71. The Bertz CT molecular complexity index is 675. The van der Waals surface area contributed by atoms with Crippen molar-refractivity contribution >= 4 is 5.91 Å². The number of carbonyl (C=O) groups is 1. The monoisotopic (exact) mass is 420 g/mol. The molecule has 0 aromatic heterocycles. The lowest BCUT2D eigenvalue weighted by Gasteiger charge is -2.36. The second-order valence-corrected chi connectivity index (χ2v) is 8.71. The Morgan fingerprint density at radius 2 is 1.83 bits per heavy atom. The quantitative estimate of drug-likeness (QED) is 0.630. The number of rotatable bonds is 10. The molecule has 0 radical (unpaired) electrons. The van der Waals surface area contributed by atoms with Crippen molar-refractivity contribution in [1.82, 2.24) is 9.80 Å². The molecule has 0 bridgehead atoms. The molecule has 1 amide bonds. The topological polar surface area (TPSA) is 62.2 Å². The summed E-state index contributed by atoms with van der Waals surface area (Å²) in [6.07, 6.45) is 4.39. The first kappa shape index (κ1) is 24.6. The maximum absolute atomic E-state index is 12.6. The van der Waals surface area contributed by atoms with Gasteiger partial charge in [0, 0.05) is 32.8 Å². The van der Waals surface area contributed by atoms with E-state index in [0.717, 1.165) is 43.5 Å². The number of aliphatic hydroxyl groups is 1. The highest BCUT2D eigenvalue weighted by molar-refractivity contribution is 5.77. The zero-order valence-corrected chi connectivity index (χ0v) is 19.4. The number of aryl methyl sites for hydroxylation is 2. The molecular formula is C24H40N2O4. The summed E-state index contributed by atoms with van der Waals surface area (Å²) in [7, 11) is 1.52. The van der Waals surface area contributed by atoms with Crippen LogP contribution in [0.5, 0.6) is 5.75 Å². The lowest BCUT2D eigenvalue weighted by Crippen LogP contribution is -2.53. The van der Waals surface area contributed by atoms with Crippen LogP contribution in [0.1, 0.15) is 50.7 Å². The molecule has 0 unspecified atom stereocenters. The van der Waals surface area contributed by atoms with Gasteiger partial charge in [-0.1, -0.05) is 32.8 Å². The summed E-state index contributed by atoms with van der Waals surface area (Å²) < 4.78 is 11.1. The first-order valence-electron chi connectivity index (χ1n) is 11.2. The number of carbonyl (C=O) groups excluding carboxylic acids is 1. The summed E-state index contributed by atoms with van der Waals surface area (Å²) in [5, 5.41) is 11.6. The van der Waals surface area contributed by atoms with Crippen LogP contribution < -0.4 is 4.74 Å². The summed E-state index contributed by atoms with van der Waals surface area (Å²) >= 11 is 0. The molecule has 6 nitrogen and oxygen atoms in total. The zero-order valence-electron chi connectivity index (χ0n) is 19.4. The molecule has 170 valence electrons. The van der Waals surface area contributed by atoms with Gasteiger partial charge in [0.2, 0.25) is 5.91 Å². The minimum atomic E-state index is -1.14. The van der Waals surface area contributed by atoms with Gasteiger partial charge in [0.05, 0.1) is 6.54 Å². The first-order valence-corrected chi connectivity index (χ1v) is 11.2. The Labute approximate surface area is 182 Å². The van der Waals surface area contributed by atoms with Crippen molar-refractivity contribution in [2.24, 2.45) is 0 Å². The predicted octanol–water partition coefficient (Wildman–Crippen LogP) is 3.17. The van der Waals surface area contributed by atoms with Gasteiger partial charge in [-0.15, -0.1) is 0 Å². The van der Waals surface area contributed by atoms with Crippen LogP contribution in [-0.4, -0.2) is 79.0 Å². The largest absolute Gasteiger partial charge is 0.490 e. The number of amides is 1. The molecule has 1 aromatic rings. The summed E-state index contributed by atoms with van der Waals surface area (Å²) in [5.74, 6) is 0.655. The Hall–Kier alpha value is -1.63. The van der Waals surface area contributed by atoms with Crippen molar-refractivity contribution in [2.75, 3.05) is 46.5 Å². The minimum absolute atomic E-state index is 0.0292. The van der Waals surface area contributed by atoms with Crippen LogP contribution in [0, 0.1) is 13.8 Å². The highest BCUT2D eigenvalue weighted by Gasteiger charge is 2.39. The zero-order chi connectivity index (χ0) is 22.1. The van der Waals surface area contributed by atoms with Crippen molar-refractivity contribution in [3.63, 3.8) is 0 Å². The number of hydrogen-bond acceptors (Lipinski definition) is 5. The number of benzene rings is 1. The van der Waals surface area contributed by atoms with Crippen molar-refractivity contribution in [3.05, 3.63) is 29.3 Å². The van der Waals surface area contributed by atoms with Gasteiger partial charge >= 0.3 is 0 Å². The average Bonchev–Trinajstić information content (AvgIpc) is 2.89. The van der Waals surface area contributed by atoms with E-state index in [9.17, 15) is 9.90 Å². The Balaban J connectivity index is 2.20. The summed E-state index contributed by atoms with van der Waals surface area (Å²) in [6.45, 7) is 10.8. The molecule has 1 fully saturated rings. The molecule has 1 N–H and O–H groups in total. The van der Waals surface area contributed by atoms with Crippen LogP contribution in [0.3, 0.4) is 0 Å². The average molecular weight is 421 g/mol. The molecule has 6 heteroatoms. The fraction of sp³-hybridized carbons (Fsp3) is 0.708. The van der Waals surface area contributed by atoms with Gasteiger partial charge in [-0.05, 0) is 49.9 Å². The Kier molecular flexibility index (Phi) is 9.59. The highest BCUT2D eigenvalue weighted by Crippen LogP contribution is 2.23. The summed E-state index contributed by atoms with van der Waals surface area (Å²) in [5.41, 5.74) is 1.23. The van der Waals surface area contributed by atoms with Crippen LogP contribution in [0.2, 0.25) is 0 Å². The summed E-state index contributed by atoms with van der Waals surface area (Å²) in [4.78, 5) is 16.6. The molecule has 1 atom stereocenters. The van der Waals surface area contributed by atoms with Crippen LogP contribution in [0.25, 0.3) is 0 Å². The normalized spacial score (nSPS) is 20.4. The fourth-order valence-electron chi connectivity index (χ4n) is 4.22. The Morgan fingerprint density at radius 3 is 2.43 bits per heavy atom. The van der Waals surface area contributed by atoms with Crippen LogP contribution in [-0.2, 0) is 9.53 Å². The molecule has 30 heavy (non-hydrogen) atoms. The number of hydrogen-bond donors (Lipinski definition) is 1. The van der Waals surface area contributed by atoms with E-state index >= 15 is 0 Å². The lowest BCUT2D eigenvalue weighted by molar-refractivity contribution is -0.138. The maximum Gasteiger partial charge on any atom is 0.248 e. The van der Waals surface area contributed by atoms with E-state index in [2.05, 4.69) is 32.6 Å². The smallest absolute Gasteiger partial charge is 0.248 e. The van der Waals surface area contributed by atoms with Gasteiger partial charge in [0.1, 0.15) is 24.6 Å². The Morgan fingerprint density at radius 1 is 1.13 bits per heavy atom. The van der Waals surface area contributed by atoms with Gasteiger partial charge in [0.15, 0.2) is 0 Å². The number of β-amino-alcohol motifs (C(OH)–C–C–N with tert-alkyl or cyclic N) is 1. The van der Waals surface area contributed by atoms with Crippen molar-refractivity contribution in [2.45, 2.75) is 65.0 Å². The van der Waals surface area contributed by atoms with Gasteiger partial charge in [-0.3, -0.25) is 9.69 Å². The van der Waals surface area contributed by atoms with Gasteiger partial charge in [-0.2, -0.15) is 0 Å². The molecule has 0 saturated carbocycles. The van der Waals surface area contributed by atoms with Crippen molar-refractivity contribution < 1.29 is 19.4 Å². The van der Waals surface area contributed by atoms with Crippen molar-refractivity contribution in [3.8, 4) is 5.75 Å². The van der Waals surface area contributed by atoms with Gasteiger partial charge in [-0.25, -0.2) is 0 Å². The van der Waals surface area contributed by atoms with Crippen LogP contribution in [0.4, 0.5) is 0 Å². The molecular weight excluding hydrogens is 380 g/mol. The molecule has 1 aliphatic rings. The van der Waals surface area contributed by atoms with Crippen LogP contribution >= 0.6 is 0 Å². The third kappa shape index (κ3) is 6.96. The standard InChI is InChI=1S/C24H40N2O4/c1-6-8-21(9-7-2)25-12-13-26(23(27)15-29-5)17-24(28,16-25)18-30-22-11-10-19(3)20(4)14-22/h10-11,14,21,28H,6-9,12-13,15-18H2,1-5H3/t24-/m1/s1. The number of ether oxygens (including phenoxy) is 2. The lowest BCUT2D eigenvalue weighted by atomic mass is 10.00. The van der Waals surface area contributed by atoms with E-state index in [1.165, 1.54) is 12.7 Å². The molecule has 0 aliphatic carbocycles. The molecule has 1 heterocycles. The van der Waals surface area contributed by atoms with Crippen LogP contribution in [0.15, 0.2) is 18.2 Å². The van der Waals surface area contributed by atoms with E-state index in [1.54, 1.807) is 4.90 Å². The van der Waals surface area contributed by atoms with E-state index in [0.29, 0.717) is 19.1 Å². The molecule has 1 aromatic carbocycles. The van der Waals surface area contributed by atoms with Crippen molar-refractivity contribution in [1.29, 1.82) is 0 Å². The maximum atomic E-state index is 12.6. The molecule has 0 spiro atoms. The third-order valence-corrected chi connectivity index (χ3v) is 6.01. The molecule has 2 rings (SSSR count). The minimum Gasteiger partial charge on any atom is -0.490 e. The van der Waals surface area contributed by atoms with Gasteiger partial charge < -0.3 is 19.5 Å². The molecule has 1 aliphatic heterocycles. The SMILES string of the molecule is CCCC(CCC)N1CCN(C(=O)COC)C[C@@](O)(COc2ccc(C)c(C)c2)C1. The first-order chi connectivity index (χ1) is 14.3. The highest BCUT2D eigenvalue weighted by atomic mass is 16.5. The third-order valence-electron chi connectivity index (χ3n) is 6.01.